The summed E-state index contributed by atoms with van der Waals surface area (Å²) in [7, 11) is 1.61. The molecule has 2 fully saturated rings. The minimum Gasteiger partial charge on any atom is -0.497 e. The smallest absolute Gasteiger partial charge is 0.417 e. The molecule has 2 saturated heterocycles. The molecule has 0 aromatic heterocycles. The van der Waals surface area contributed by atoms with Crippen molar-refractivity contribution in [2.24, 2.45) is 0 Å². The molecule has 0 bridgehead atoms. The van der Waals surface area contributed by atoms with E-state index in [4.69, 9.17) is 9.47 Å². The van der Waals surface area contributed by atoms with Gasteiger partial charge in [0.25, 0.3) is 5.91 Å². The average Bonchev–Trinajstić information content (AvgIpc) is 2.98. The number of carbonyl (C=O) groups excluding carboxylic acids is 3. The molecule has 25 heavy (non-hydrogen) atoms. The van der Waals surface area contributed by atoms with E-state index in [9.17, 15) is 14.4 Å². The number of rotatable bonds is 4. The van der Waals surface area contributed by atoms with Crippen LogP contribution in [-0.2, 0) is 16.1 Å². The molecular weight excluding hydrogens is 326 g/mol. The molecule has 1 N–H and O–H groups in total. The molecule has 3 rings (SSSR count). The van der Waals surface area contributed by atoms with Crippen molar-refractivity contribution in [1.82, 2.24) is 15.1 Å². The largest absolute Gasteiger partial charge is 0.497 e. The Labute approximate surface area is 145 Å². The number of hydrogen-bond acceptors (Lipinski definition) is 5. The Morgan fingerprint density at radius 2 is 1.92 bits per heavy atom. The Hall–Kier alpha value is -2.77. The Balaban J connectivity index is 1.46. The molecule has 1 aromatic carbocycles. The van der Waals surface area contributed by atoms with E-state index in [2.05, 4.69) is 5.32 Å². The van der Waals surface area contributed by atoms with E-state index < -0.39 is 6.09 Å². The van der Waals surface area contributed by atoms with Crippen molar-refractivity contribution in [3.05, 3.63) is 29.8 Å². The van der Waals surface area contributed by atoms with Gasteiger partial charge in [-0.1, -0.05) is 12.1 Å². The maximum atomic E-state index is 12.3. The number of benzene rings is 1. The van der Waals surface area contributed by atoms with Crippen molar-refractivity contribution in [3.63, 3.8) is 0 Å². The van der Waals surface area contributed by atoms with Gasteiger partial charge in [-0.05, 0) is 30.5 Å². The Bertz CT molecular complexity index is 637. The van der Waals surface area contributed by atoms with Crippen molar-refractivity contribution in [1.29, 1.82) is 0 Å². The molecule has 0 radical (unpaired) electrons. The van der Waals surface area contributed by atoms with E-state index in [1.54, 1.807) is 12.0 Å². The summed E-state index contributed by atoms with van der Waals surface area (Å²) < 4.78 is 9.85. The van der Waals surface area contributed by atoms with Gasteiger partial charge in [0.2, 0.25) is 0 Å². The predicted octanol–water partition coefficient (Wildman–Crippen LogP) is 1.35. The second kappa shape index (κ2) is 7.42. The molecule has 2 aliphatic heterocycles. The highest BCUT2D eigenvalue weighted by molar-refractivity contribution is 5.98. The van der Waals surface area contributed by atoms with E-state index in [1.165, 1.54) is 4.90 Å². The van der Waals surface area contributed by atoms with Crippen LogP contribution in [0.1, 0.15) is 18.4 Å². The lowest BCUT2D eigenvalue weighted by atomic mass is 10.0. The van der Waals surface area contributed by atoms with Gasteiger partial charge in [-0.2, -0.15) is 0 Å². The van der Waals surface area contributed by atoms with Crippen LogP contribution in [0.3, 0.4) is 0 Å². The number of hydrogen-bond donors (Lipinski definition) is 1. The number of imide groups is 1. The predicted molar refractivity (Wildman–Crippen MR) is 88.0 cm³/mol. The molecule has 8 heteroatoms. The summed E-state index contributed by atoms with van der Waals surface area (Å²) in [6, 6.07) is 7.15. The van der Waals surface area contributed by atoms with Crippen molar-refractivity contribution in [2.45, 2.75) is 25.4 Å². The Morgan fingerprint density at radius 1 is 1.24 bits per heavy atom. The first kappa shape index (κ1) is 17.1. The fraction of sp³-hybridized carbons (Fsp3) is 0.471. The van der Waals surface area contributed by atoms with Crippen LogP contribution >= 0.6 is 0 Å². The summed E-state index contributed by atoms with van der Waals surface area (Å²) in [5, 5.41) is 2.88. The molecule has 0 saturated carbocycles. The molecule has 2 heterocycles. The van der Waals surface area contributed by atoms with Gasteiger partial charge in [0.15, 0.2) is 6.61 Å². The van der Waals surface area contributed by atoms with Gasteiger partial charge in [-0.15, -0.1) is 0 Å². The van der Waals surface area contributed by atoms with E-state index in [0.717, 1.165) is 11.3 Å². The van der Waals surface area contributed by atoms with Crippen LogP contribution in [0.2, 0.25) is 0 Å². The van der Waals surface area contributed by atoms with Gasteiger partial charge in [-0.3, -0.25) is 4.79 Å². The van der Waals surface area contributed by atoms with Crippen molar-refractivity contribution >= 4 is 18.0 Å². The summed E-state index contributed by atoms with van der Waals surface area (Å²) in [5.74, 6) is 0.472. The van der Waals surface area contributed by atoms with Crippen LogP contribution in [0.4, 0.5) is 9.59 Å². The topological polar surface area (TPSA) is 88.2 Å². The van der Waals surface area contributed by atoms with Gasteiger partial charge < -0.3 is 19.7 Å². The zero-order chi connectivity index (χ0) is 17.8. The molecule has 0 spiro atoms. The number of nitrogens with zero attached hydrogens (tertiary/aromatic N) is 2. The molecule has 4 amide bonds. The summed E-state index contributed by atoms with van der Waals surface area (Å²) in [4.78, 5) is 38.4. The van der Waals surface area contributed by atoms with Crippen LogP contribution in [0.15, 0.2) is 24.3 Å². The fourth-order valence-electron chi connectivity index (χ4n) is 3.08. The third-order valence-corrected chi connectivity index (χ3v) is 4.50. The monoisotopic (exact) mass is 347 g/mol. The van der Waals surface area contributed by atoms with Crippen LogP contribution < -0.4 is 10.1 Å². The highest BCUT2D eigenvalue weighted by atomic mass is 16.6. The third kappa shape index (κ3) is 3.84. The molecule has 0 aliphatic carbocycles. The Kier molecular flexibility index (Phi) is 5.06. The lowest BCUT2D eigenvalue weighted by molar-refractivity contribution is -0.127. The number of likely N-dealkylation sites (tertiary alicyclic amines) is 1. The second-order valence-electron chi connectivity index (χ2n) is 6.04. The van der Waals surface area contributed by atoms with Gasteiger partial charge in [0.05, 0.1) is 7.11 Å². The summed E-state index contributed by atoms with van der Waals surface area (Å²) >= 11 is 0. The SMILES string of the molecule is COc1ccc(CNC(=O)N2CCC(N3C(=O)COC3=O)CC2)cc1. The standard InChI is InChI=1S/C17H21N3O5/c1-24-14-4-2-12(3-5-14)10-18-16(22)19-8-6-13(7-9-19)20-15(21)11-25-17(20)23/h2-5,13H,6-11H2,1H3,(H,18,22). The van der Waals surface area contributed by atoms with E-state index in [-0.39, 0.29) is 24.6 Å². The van der Waals surface area contributed by atoms with Crippen LogP contribution in [-0.4, -0.2) is 60.7 Å². The van der Waals surface area contributed by atoms with E-state index >= 15 is 0 Å². The molecule has 8 nitrogen and oxygen atoms in total. The average molecular weight is 347 g/mol. The highest BCUT2D eigenvalue weighted by Crippen LogP contribution is 2.21. The lowest BCUT2D eigenvalue weighted by Gasteiger charge is -2.34. The van der Waals surface area contributed by atoms with E-state index in [1.807, 2.05) is 24.3 Å². The third-order valence-electron chi connectivity index (χ3n) is 4.50. The van der Waals surface area contributed by atoms with Crippen molar-refractivity contribution < 1.29 is 23.9 Å². The number of piperidine rings is 1. The van der Waals surface area contributed by atoms with Crippen LogP contribution in [0.25, 0.3) is 0 Å². The number of carbonyl (C=O) groups is 3. The van der Waals surface area contributed by atoms with Gasteiger partial charge in [-0.25, -0.2) is 14.5 Å². The molecule has 2 aliphatic rings. The molecule has 1 aromatic rings. The summed E-state index contributed by atoms with van der Waals surface area (Å²) in [6.45, 7) is 1.24. The number of methoxy groups -OCH3 is 1. The fourth-order valence-corrected chi connectivity index (χ4v) is 3.08. The van der Waals surface area contributed by atoms with Crippen LogP contribution in [0, 0.1) is 0 Å². The molecule has 0 unspecified atom stereocenters. The highest BCUT2D eigenvalue weighted by Gasteiger charge is 2.38. The first-order valence-electron chi connectivity index (χ1n) is 8.23. The molecular formula is C17H21N3O5. The summed E-state index contributed by atoms with van der Waals surface area (Å²) in [6.07, 6.45) is 0.556. The first-order valence-corrected chi connectivity index (χ1v) is 8.23. The maximum Gasteiger partial charge on any atom is 0.417 e. The number of urea groups is 1. The minimum atomic E-state index is -0.576. The number of amides is 4. The van der Waals surface area contributed by atoms with Gasteiger partial charge in [0.1, 0.15) is 5.75 Å². The quantitative estimate of drug-likeness (QED) is 0.888. The minimum absolute atomic E-state index is 0.149. The van der Waals surface area contributed by atoms with E-state index in [0.29, 0.717) is 32.5 Å². The van der Waals surface area contributed by atoms with Crippen molar-refractivity contribution in [3.8, 4) is 5.75 Å². The van der Waals surface area contributed by atoms with Gasteiger partial charge in [0, 0.05) is 25.7 Å². The first-order chi connectivity index (χ1) is 12.1. The van der Waals surface area contributed by atoms with Crippen molar-refractivity contribution in [2.75, 3.05) is 26.8 Å². The number of cyclic esters (lactones) is 1. The molecule has 0 atom stereocenters. The number of ether oxygens (including phenoxy) is 2. The zero-order valence-electron chi connectivity index (χ0n) is 14.1. The van der Waals surface area contributed by atoms with Gasteiger partial charge >= 0.3 is 12.1 Å². The Morgan fingerprint density at radius 3 is 2.48 bits per heavy atom. The normalized spacial score (nSPS) is 18.3. The second-order valence-corrected chi connectivity index (χ2v) is 6.04. The number of nitrogens with one attached hydrogen (secondary N) is 1. The van der Waals surface area contributed by atoms with Crippen LogP contribution in [0.5, 0.6) is 5.75 Å². The zero-order valence-corrected chi connectivity index (χ0v) is 14.1. The molecule has 134 valence electrons. The maximum absolute atomic E-state index is 12.3. The summed E-state index contributed by atoms with van der Waals surface area (Å²) in [5.41, 5.74) is 0.981. The lowest BCUT2D eigenvalue weighted by Crippen LogP contribution is -2.50.